The molecule has 0 amide bonds. The summed E-state index contributed by atoms with van der Waals surface area (Å²) >= 11 is 0. The molecule has 0 bridgehead atoms. The van der Waals surface area contributed by atoms with Crippen LogP contribution in [0.3, 0.4) is 0 Å². The zero-order chi connectivity index (χ0) is 18.8. The van der Waals surface area contributed by atoms with Crippen molar-refractivity contribution in [2.45, 2.75) is 13.0 Å². The van der Waals surface area contributed by atoms with Gasteiger partial charge in [0.15, 0.2) is 0 Å². The summed E-state index contributed by atoms with van der Waals surface area (Å²) in [6, 6.07) is 10.4. The van der Waals surface area contributed by atoms with Crippen molar-refractivity contribution in [1.82, 2.24) is 4.90 Å². The maximum Gasteiger partial charge on any atom is 0.200 e. The first kappa shape index (κ1) is 17.6. The van der Waals surface area contributed by atoms with Crippen molar-refractivity contribution in [2.75, 3.05) is 27.0 Å². The number of ether oxygens (including phenoxy) is 2. The van der Waals surface area contributed by atoms with Crippen LogP contribution in [0.25, 0.3) is 22.1 Å². The molecule has 0 spiro atoms. The minimum Gasteiger partial charge on any atom is -0.507 e. The van der Waals surface area contributed by atoms with Crippen molar-refractivity contribution in [3.8, 4) is 22.6 Å². The molecule has 6 heteroatoms. The van der Waals surface area contributed by atoms with Gasteiger partial charge in [-0.25, -0.2) is 0 Å². The molecule has 4 rings (SSSR count). The number of hydrogen-bond acceptors (Lipinski definition) is 6. The van der Waals surface area contributed by atoms with Gasteiger partial charge in [0.05, 0.1) is 30.4 Å². The molecule has 0 unspecified atom stereocenters. The zero-order valence-electron chi connectivity index (χ0n) is 15.1. The van der Waals surface area contributed by atoms with E-state index in [1.165, 1.54) is 6.26 Å². The SMILES string of the molecule is COc1ccc(-c2coc3c(CN4CCCOC4)c(O)ccc3c2=O)cc1. The first-order chi connectivity index (χ1) is 13.2. The predicted molar refractivity (Wildman–Crippen MR) is 102 cm³/mol. The predicted octanol–water partition coefficient (Wildman–Crippen LogP) is 3.35. The van der Waals surface area contributed by atoms with E-state index in [-0.39, 0.29) is 11.2 Å². The molecule has 0 radical (unpaired) electrons. The fraction of sp³-hybridized carbons (Fsp3) is 0.286. The van der Waals surface area contributed by atoms with Gasteiger partial charge < -0.3 is 19.0 Å². The summed E-state index contributed by atoms with van der Waals surface area (Å²) in [5, 5.41) is 10.8. The highest BCUT2D eigenvalue weighted by Crippen LogP contribution is 2.30. The molecule has 1 aliphatic heterocycles. The molecule has 1 fully saturated rings. The molecule has 1 N–H and O–H groups in total. The molecule has 27 heavy (non-hydrogen) atoms. The van der Waals surface area contributed by atoms with Crippen molar-refractivity contribution in [2.24, 2.45) is 0 Å². The number of nitrogens with zero attached hydrogens (tertiary/aromatic N) is 1. The van der Waals surface area contributed by atoms with Crippen molar-refractivity contribution in [3.05, 3.63) is 58.4 Å². The van der Waals surface area contributed by atoms with Gasteiger partial charge in [0, 0.05) is 19.7 Å². The van der Waals surface area contributed by atoms with Gasteiger partial charge in [-0.05, 0) is 36.2 Å². The highest BCUT2D eigenvalue weighted by molar-refractivity contribution is 5.85. The zero-order valence-corrected chi connectivity index (χ0v) is 15.1. The third-order valence-electron chi connectivity index (χ3n) is 4.84. The third-order valence-corrected chi connectivity index (χ3v) is 4.84. The van der Waals surface area contributed by atoms with Crippen LogP contribution in [-0.4, -0.2) is 37.0 Å². The number of aromatic hydroxyl groups is 1. The van der Waals surface area contributed by atoms with Crippen LogP contribution in [0.4, 0.5) is 0 Å². The van der Waals surface area contributed by atoms with Gasteiger partial charge in [-0.1, -0.05) is 12.1 Å². The van der Waals surface area contributed by atoms with Crippen LogP contribution in [-0.2, 0) is 11.3 Å². The van der Waals surface area contributed by atoms with Crippen LogP contribution in [0.2, 0.25) is 0 Å². The molecule has 140 valence electrons. The van der Waals surface area contributed by atoms with E-state index in [0.717, 1.165) is 30.9 Å². The molecular weight excluding hydrogens is 346 g/mol. The van der Waals surface area contributed by atoms with Crippen LogP contribution >= 0.6 is 0 Å². The summed E-state index contributed by atoms with van der Waals surface area (Å²) in [6.07, 6.45) is 2.40. The second-order valence-corrected chi connectivity index (χ2v) is 6.59. The molecule has 1 aromatic heterocycles. The Bertz CT molecular complexity index is 1000. The molecule has 6 nitrogen and oxygen atoms in total. The lowest BCUT2D eigenvalue weighted by Crippen LogP contribution is -2.32. The smallest absolute Gasteiger partial charge is 0.200 e. The van der Waals surface area contributed by atoms with Crippen LogP contribution in [0.5, 0.6) is 11.5 Å². The van der Waals surface area contributed by atoms with Gasteiger partial charge in [0.25, 0.3) is 0 Å². The Morgan fingerprint density at radius 3 is 2.70 bits per heavy atom. The number of benzene rings is 2. The Balaban J connectivity index is 1.76. The molecule has 0 aliphatic carbocycles. The average molecular weight is 367 g/mol. The highest BCUT2D eigenvalue weighted by Gasteiger charge is 2.19. The Hall–Kier alpha value is -2.83. The lowest BCUT2D eigenvalue weighted by Gasteiger charge is -2.26. The molecule has 3 aromatic rings. The fourth-order valence-corrected chi connectivity index (χ4v) is 3.37. The van der Waals surface area contributed by atoms with E-state index in [9.17, 15) is 9.90 Å². The van der Waals surface area contributed by atoms with Crippen LogP contribution < -0.4 is 10.2 Å². The summed E-state index contributed by atoms with van der Waals surface area (Å²) < 4.78 is 16.5. The number of fused-ring (bicyclic) bond motifs is 1. The van der Waals surface area contributed by atoms with Gasteiger partial charge in [0.2, 0.25) is 5.43 Å². The van der Waals surface area contributed by atoms with Crippen molar-refractivity contribution >= 4 is 11.0 Å². The Morgan fingerprint density at radius 1 is 1.19 bits per heavy atom. The summed E-state index contributed by atoms with van der Waals surface area (Å²) in [7, 11) is 1.60. The van der Waals surface area contributed by atoms with E-state index in [2.05, 4.69) is 4.90 Å². The van der Waals surface area contributed by atoms with E-state index in [0.29, 0.717) is 35.4 Å². The van der Waals surface area contributed by atoms with E-state index >= 15 is 0 Å². The number of phenolic OH excluding ortho intramolecular Hbond substituents is 1. The third kappa shape index (κ3) is 3.41. The minimum absolute atomic E-state index is 0.119. The summed E-state index contributed by atoms with van der Waals surface area (Å²) in [5.41, 5.74) is 2.13. The largest absolute Gasteiger partial charge is 0.507 e. The number of hydrogen-bond donors (Lipinski definition) is 1. The van der Waals surface area contributed by atoms with E-state index < -0.39 is 0 Å². The number of rotatable bonds is 4. The summed E-state index contributed by atoms with van der Waals surface area (Å²) in [6.45, 7) is 2.60. The van der Waals surface area contributed by atoms with Crippen molar-refractivity contribution < 1.29 is 19.0 Å². The Kier molecular flexibility index (Phi) is 4.83. The molecular formula is C21H21NO5. The Morgan fingerprint density at radius 2 is 2.00 bits per heavy atom. The molecule has 1 aliphatic rings. The standard InChI is InChI=1S/C21H21NO5/c1-25-15-5-3-14(4-6-15)18-12-27-21-16(20(18)24)7-8-19(23)17(21)11-22-9-2-10-26-13-22/h3-8,12,23H,2,9-11,13H2,1H3. The molecule has 0 atom stereocenters. The topological polar surface area (TPSA) is 72.1 Å². The second kappa shape index (κ2) is 7.42. The van der Waals surface area contributed by atoms with E-state index in [4.69, 9.17) is 13.9 Å². The van der Waals surface area contributed by atoms with E-state index in [1.54, 1.807) is 31.4 Å². The fourth-order valence-electron chi connectivity index (χ4n) is 3.37. The van der Waals surface area contributed by atoms with Crippen molar-refractivity contribution in [3.63, 3.8) is 0 Å². The van der Waals surface area contributed by atoms with E-state index in [1.807, 2.05) is 12.1 Å². The van der Waals surface area contributed by atoms with Gasteiger partial charge in [-0.3, -0.25) is 9.69 Å². The highest BCUT2D eigenvalue weighted by atomic mass is 16.5. The van der Waals surface area contributed by atoms with Gasteiger partial charge in [-0.15, -0.1) is 0 Å². The van der Waals surface area contributed by atoms with Gasteiger partial charge >= 0.3 is 0 Å². The van der Waals surface area contributed by atoms with Crippen LogP contribution in [0.1, 0.15) is 12.0 Å². The lowest BCUT2D eigenvalue weighted by atomic mass is 10.0. The molecule has 1 saturated heterocycles. The number of phenols is 1. The lowest BCUT2D eigenvalue weighted by molar-refractivity contribution is -0.0178. The summed E-state index contributed by atoms with van der Waals surface area (Å²) in [5.74, 6) is 0.841. The minimum atomic E-state index is -0.127. The number of methoxy groups -OCH3 is 1. The quantitative estimate of drug-likeness (QED) is 0.762. The monoisotopic (exact) mass is 367 g/mol. The first-order valence-corrected chi connectivity index (χ1v) is 8.88. The second-order valence-electron chi connectivity index (χ2n) is 6.59. The van der Waals surface area contributed by atoms with Crippen molar-refractivity contribution in [1.29, 1.82) is 0 Å². The van der Waals surface area contributed by atoms with Gasteiger partial charge in [-0.2, -0.15) is 0 Å². The van der Waals surface area contributed by atoms with Crippen LogP contribution in [0, 0.1) is 0 Å². The molecule has 2 heterocycles. The first-order valence-electron chi connectivity index (χ1n) is 8.88. The maximum absolute atomic E-state index is 13.0. The summed E-state index contributed by atoms with van der Waals surface area (Å²) in [4.78, 5) is 15.1. The average Bonchev–Trinajstić information content (AvgIpc) is 2.71. The normalized spacial score (nSPS) is 15.1. The van der Waals surface area contributed by atoms with Crippen LogP contribution in [0.15, 0.2) is 51.9 Å². The molecule has 0 saturated carbocycles. The van der Waals surface area contributed by atoms with Gasteiger partial charge in [0.1, 0.15) is 23.3 Å². The molecule has 2 aromatic carbocycles. The maximum atomic E-state index is 13.0. The Labute approximate surface area is 156 Å².